The molecule has 7 heteroatoms. The molecule has 1 aromatic rings. The van der Waals surface area contributed by atoms with Gasteiger partial charge in [0.2, 0.25) is 5.91 Å². The summed E-state index contributed by atoms with van der Waals surface area (Å²) in [6.07, 6.45) is 8.24. The molecule has 0 bridgehead atoms. The highest BCUT2D eigenvalue weighted by atomic mass is 16.5. The number of nitrogens with one attached hydrogen (secondary N) is 1. The smallest absolute Gasteiger partial charge is 0.261 e. The van der Waals surface area contributed by atoms with E-state index in [-0.39, 0.29) is 29.5 Å². The SMILES string of the molecule is CCOCC(=O)N1CCc2c(c[nH]c(=O)c2C(=O)N2CC[C@@H]3CCCC[C@@H]3C2)C1. The Kier molecular flexibility index (Phi) is 6.04. The van der Waals surface area contributed by atoms with Gasteiger partial charge in [-0.2, -0.15) is 0 Å². The van der Waals surface area contributed by atoms with Crippen molar-refractivity contribution in [1.82, 2.24) is 14.8 Å². The molecule has 0 unspecified atom stereocenters. The number of hydrogen-bond donors (Lipinski definition) is 1. The van der Waals surface area contributed by atoms with E-state index in [1.807, 2.05) is 11.8 Å². The molecule has 4 rings (SSSR count). The quantitative estimate of drug-likeness (QED) is 0.836. The third kappa shape index (κ3) is 4.10. The van der Waals surface area contributed by atoms with E-state index in [1.165, 1.54) is 25.7 Å². The molecule has 7 nitrogen and oxygen atoms in total. The van der Waals surface area contributed by atoms with Crippen molar-refractivity contribution >= 4 is 11.8 Å². The number of pyridine rings is 1. The van der Waals surface area contributed by atoms with Crippen LogP contribution in [0.25, 0.3) is 0 Å². The van der Waals surface area contributed by atoms with Crippen molar-refractivity contribution in [1.29, 1.82) is 0 Å². The Morgan fingerprint density at radius 2 is 1.93 bits per heavy atom. The van der Waals surface area contributed by atoms with Gasteiger partial charge in [0.1, 0.15) is 12.2 Å². The number of hydrogen-bond acceptors (Lipinski definition) is 4. The minimum atomic E-state index is -0.311. The first-order valence-corrected chi connectivity index (χ1v) is 11.0. The summed E-state index contributed by atoms with van der Waals surface area (Å²) in [4.78, 5) is 44.6. The molecular formula is C22H31N3O4. The van der Waals surface area contributed by atoms with Gasteiger partial charge >= 0.3 is 0 Å². The number of ether oxygens (including phenoxy) is 1. The van der Waals surface area contributed by atoms with Gasteiger partial charge < -0.3 is 19.5 Å². The van der Waals surface area contributed by atoms with Gasteiger partial charge in [0, 0.05) is 39.0 Å². The number of amides is 2. The summed E-state index contributed by atoms with van der Waals surface area (Å²) < 4.78 is 5.23. The van der Waals surface area contributed by atoms with Crippen molar-refractivity contribution in [3.8, 4) is 0 Å². The van der Waals surface area contributed by atoms with E-state index in [4.69, 9.17) is 4.74 Å². The third-order valence-electron chi connectivity index (χ3n) is 6.86. The number of carbonyl (C=O) groups is 2. The van der Waals surface area contributed by atoms with Crippen LogP contribution in [0.3, 0.4) is 0 Å². The van der Waals surface area contributed by atoms with Gasteiger partial charge in [0.15, 0.2) is 0 Å². The van der Waals surface area contributed by atoms with Crippen LogP contribution in [-0.4, -0.2) is 59.4 Å². The third-order valence-corrected chi connectivity index (χ3v) is 6.86. The molecule has 2 aliphatic heterocycles. The maximum Gasteiger partial charge on any atom is 0.261 e. The van der Waals surface area contributed by atoms with Crippen molar-refractivity contribution in [3.63, 3.8) is 0 Å². The highest BCUT2D eigenvalue weighted by Crippen LogP contribution is 2.36. The highest BCUT2D eigenvalue weighted by Gasteiger charge is 2.35. The molecule has 0 radical (unpaired) electrons. The second-order valence-electron chi connectivity index (χ2n) is 8.54. The van der Waals surface area contributed by atoms with Crippen LogP contribution in [0.5, 0.6) is 0 Å². The van der Waals surface area contributed by atoms with Crippen molar-refractivity contribution in [2.75, 3.05) is 32.8 Å². The number of likely N-dealkylation sites (tertiary alicyclic amines) is 1. The van der Waals surface area contributed by atoms with E-state index in [9.17, 15) is 14.4 Å². The molecule has 2 amide bonds. The molecule has 1 N–H and O–H groups in total. The van der Waals surface area contributed by atoms with Crippen molar-refractivity contribution in [3.05, 3.63) is 33.2 Å². The van der Waals surface area contributed by atoms with Gasteiger partial charge in [0.05, 0.1) is 0 Å². The summed E-state index contributed by atoms with van der Waals surface area (Å²) in [5, 5.41) is 0. The second-order valence-corrected chi connectivity index (χ2v) is 8.54. The molecular weight excluding hydrogens is 370 g/mol. The number of H-pyrrole nitrogens is 1. The van der Waals surface area contributed by atoms with Crippen LogP contribution >= 0.6 is 0 Å². The summed E-state index contributed by atoms with van der Waals surface area (Å²) in [6.45, 7) is 4.85. The normalized spacial score (nSPS) is 24.0. The number of fused-ring (bicyclic) bond motifs is 2. The number of carbonyl (C=O) groups excluding carboxylic acids is 2. The fourth-order valence-corrected chi connectivity index (χ4v) is 5.23. The van der Waals surface area contributed by atoms with Crippen molar-refractivity contribution < 1.29 is 14.3 Å². The molecule has 1 saturated heterocycles. The van der Waals surface area contributed by atoms with Crippen LogP contribution < -0.4 is 5.56 Å². The zero-order chi connectivity index (χ0) is 20.4. The average molecular weight is 402 g/mol. The number of aromatic nitrogens is 1. The average Bonchev–Trinajstić information content (AvgIpc) is 2.76. The Hall–Kier alpha value is -2.15. The first-order valence-electron chi connectivity index (χ1n) is 11.0. The van der Waals surface area contributed by atoms with Crippen LogP contribution in [0, 0.1) is 11.8 Å². The van der Waals surface area contributed by atoms with Gasteiger partial charge in [-0.1, -0.05) is 19.3 Å². The van der Waals surface area contributed by atoms with E-state index in [2.05, 4.69) is 4.98 Å². The minimum Gasteiger partial charge on any atom is -0.372 e. The zero-order valence-corrected chi connectivity index (χ0v) is 17.2. The van der Waals surface area contributed by atoms with Gasteiger partial charge in [-0.15, -0.1) is 0 Å². The molecule has 3 aliphatic rings. The molecule has 2 fully saturated rings. The van der Waals surface area contributed by atoms with Gasteiger partial charge in [-0.05, 0) is 49.1 Å². The Morgan fingerprint density at radius 3 is 2.72 bits per heavy atom. The molecule has 1 aromatic heterocycles. The lowest BCUT2D eigenvalue weighted by Gasteiger charge is -2.41. The van der Waals surface area contributed by atoms with E-state index < -0.39 is 0 Å². The Balaban J connectivity index is 1.52. The predicted molar refractivity (Wildman–Crippen MR) is 109 cm³/mol. The lowest BCUT2D eigenvalue weighted by molar-refractivity contribution is -0.136. The van der Waals surface area contributed by atoms with E-state index in [0.717, 1.165) is 36.6 Å². The van der Waals surface area contributed by atoms with E-state index >= 15 is 0 Å². The molecule has 3 heterocycles. The van der Waals surface area contributed by atoms with Gasteiger partial charge in [-0.25, -0.2) is 0 Å². The predicted octanol–water partition coefficient (Wildman–Crippen LogP) is 1.95. The number of aromatic amines is 1. The molecule has 29 heavy (non-hydrogen) atoms. The maximum atomic E-state index is 13.3. The summed E-state index contributed by atoms with van der Waals surface area (Å²) in [5.74, 6) is 1.12. The summed E-state index contributed by atoms with van der Waals surface area (Å²) >= 11 is 0. The first-order chi connectivity index (χ1) is 14.1. The number of piperidine rings is 1. The van der Waals surface area contributed by atoms with Crippen molar-refractivity contribution in [2.45, 2.75) is 52.0 Å². The molecule has 1 saturated carbocycles. The van der Waals surface area contributed by atoms with Crippen LogP contribution in [0.15, 0.2) is 11.0 Å². The maximum absolute atomic E-state index is 13.3. The van der Waals surface area contributed by atoms with Gasteiger partial charge in [0.25, 0.3) is 11.5 Å². The lowest BCUT2D eigenvalue weighted by atomic mass is 9.75. The molecule has 0 spiro atoms. The molecule has 0 aromatic carbocycles. The van der Waals surface area contributed by atoms with E-state index in [0.29, 0.717) is 32.0 Å². The Bertz CT molecular complexity index is 834. The standard InChI is InChI=1S/C22H31N3O4/c1-2-29-14-19(26)24-10-8-18-17(13-24)11-23-21(27)20(18)22(28)25-9-7-15-5-3-4-6-16(15)12-25/h11,15-16H,2-10,12-14H2,1H3,(H,23,27)/t15-,16+/m0/s1. The molecule has 1 aliphatic carbocycles. The topological polar surface area (TPSA) is 82.7 Å². The Morgan fingerprint density at radius 1 is 1.14 bits per heavy atom. The monoisotopic (exact) mass is 401 g/mol. The fourth-order valence-electron chi connectivity index (χ4n) is 5.23. The summed E-state index contributed by atoms with van der Waals surface area (Å²) in [6, 6.07) is 0. The van der Waals surface area contributed by atoms with E-state index in [1.54, 1.807) is 11.1 Å². The van der Waals surface area contributed by atoms with Crippen LogP contribution in [-0.2, 0) is 22.5 Å². The second kappa shape index (κ2) is 8.69. The Labute approximate surface area is 171 Å². The highest BCUT2D eigenvalue weighted by molar-refractivity contribution is 5.96. The summed E-state index contributed by atoms with van der Waals surface area (Å²) in [7, 11) is 0. The largest absolute Gasteiger partial charge is 0.372 e. The lowest BCUT2D eigenvalue weighted by Crippen LogP contribution is -2.47. The minimum absolute atomic E-state index is 0.0593. The first kappa shape index (κ1) is 20.1. The summed E-state index contributed by atoms with van der Waals surface area (Å²) in [5.41, 5.74) is 1.64. The number of nitrogens with zero attached hydrogens (tertiary/aromatic N) is 2. The molecule has 2 atom stereocenters. The number of rotatable bonds is 4. The van der Waals surface area contributed by atoms with Crippen LogP contribution in [0.1, 0.15) is 60.5 Å². The van der Waals surface area contributed by atoms with Crippen LogP contribution in [0.4, 0.5) is 0 Å². The van der Waals surface area contributed by atoms with Crippen molar-refractivity contribution in [2.24, 2.45) is 11.8 Å². The fraction of sp³-hybridized carbons (Fsp3) is 0.682. The van der Waals surface area contributed by atoms with Crippen LogP contribution in [0.2, 0.25) is 0 Å². The molecule has 158 valence electrons. The van der Waals surface area contributed by atoms with Gasteiger partial charge in [-0.3, -0.25) is 14.4 Å². The zero-order valence-electron chi connectivity index (χ0n) is 17.2.